The summed E-state index contributed by atoms with van der Waals surface area (Å²) >= 11 is 5.88. The highest BCUT2D eigenvalue weighted by Crippen LogP contribution is 2.27. The Morgan fingerprint density at radius 2 is 1.92 bits per heavy atom. The molecular weight excluding hydrogens is 352 g/mol. The molecule has 2 aromatic rings. The summed E-state index contributed by atoms with van der Waals surface area (Å²) in [5, 5.41) is 10.8. The van der Waals surface area contributed by atoms with Gasteiger partial charge in [-0.05, 0) is 62.8 Å². The van der Waals surface area contributed by atoms with Gasteiger partial charge in [-0.3, -0.25) is 14.7 Å². The van der Waals surface area contributed by atoms with Gasteiger partial charge in [0.2, 0.25) is 5.91 Å². The van der Waals surface area contributed by atoms with Crippen LogP contribution in [0.15, 0.2) is 24.3 Å². The summed E-state index contributed by atoms with van der Waals surface area (Å²) in [5.41, 5.74) is 3.27. The van der Waals surface area contributed by atoms with Crippen LogP contribution in [-0.4, -0.2) is 39.5 Å². The van der Waals surface area contributed by atoms with E-state index in [0.29, 0.717) is 29.4 Å². The van der Waals surface area contributed by atoms with Crippen molar-refractivity contribution in [1.82, 2.24) is 15.1 Å². The Morgan fingerprint density at radius 1 is 1.15 bits per heavy atom. The van der Waals surface area contributed by atoms with Crippen LogP contribution in [0, 0.1) is 0 Å². The van der Waals surface area contributed by atoms with E-state index >= 15 is 0 Å². The quantitative estimate of drug-likeness (QED) is 0.868. The molecule has 0 radical (unpaired) electrons. The van der Waals surface area contributed by atoms with Crippen LogP contribution >= 0.6 is 11.6 Å². The molecule has 1 fully saturated rings. The molecule has 2 heterocycles. The van der Waals surface area contributed by atoms with Gasteiger partial charge in [-0.1, -0.05) is 11.6 Å². The average Bonchev–Trinajstić information content (AvgIpc) is 3.30. The van der Waals surface area contributed by atoms with Crippen LogP contribution in [0.2, 0.25) is 5.02 Å². The molecule has 26 heavy (non-hydrogen) atoms. The first-order chi connectivity index (χ1) is 12.6. The van der Waals surface area contributed by atoms with Crippen molar-refractivity contribution in [1.29, 1.82) is 0 Å². The summed E-state index contributed by atoms with van der Waals surface area (Å²) < 4.78 is 0. The molecule has 7 heteroatoms. The van der Waals surface area contributed by atoms with Gasteiger partial charge in [0.05, 0.1) is 0 Å². The smallest absolute Gasteiger partial charge is 0.275 e. The predicted molar refractivity (Wildman–Crippen MR) is 99.4 cm³/mol. The third-order valence-electron chi connectivity index (χ3n) is 5.19. The topological polar surface area (TPSA) is 78.1 Å². The van der Waals surface area contributed by atoms with Crippen LogP contribution in [0.25, 0.3) is 0 Å². The Kier molecular flexibility index (Phi) is 4.68. The molecule has 136 valence electrons. The van der Waals surface area contributed by atoms with Crippen LogP contribution in [0.1, 0.15) is 47.4 Å². The van der Waals surface area contributed by atoms with E-state index in [-0.39, 0.29) is 11.8 Å². The Hall–Kier alpha value is -2.34. The van der Waals surface area contributed by atoms with Crippen molar-refractivity contribution in [2.75, 3.05) is 11.9 Å². The third kappa shape index (κ3) is 3.21. The molecule has 1 aromatic carbocycles. The maximum absolute atomic E-state index is 13.0. The molecule has 1 atom stereocenters. The minimum atomic E-state index is -0.464. The molecule has 4 rings (SSSR count). The second-order valence-corrected chi connectivity index (χ2v) is 7.33. The lowest BCUT2D eigenvalue weighted by molar-refractivity contribution is -0.119. The first-order valence-corrected chi connectivity index (χ1v) is 9.45. The summed E-state index contributed by atoms with van der Waals surface area (Å²) in [4.78, 5) is 27.4. The summed E-state index contributed by atoms with van der Waals surface area (Å²) in [6.07, 6.45) is 5.50. The Bertz CT molecular complexity index is 831. The monoisotopic (exact) mass is 372 g/mol. The number of fused-ring (bicyclic) bond motifs is 1. The number of benzene rings is 1. The van der Waals surface area contributed by atoms with Crippen molar-refractivity contribution in [3.8, 4) is 0 Å². The van der Waals surface area contributed by atoms with Gasteiger partial charge in [0.25, 0.3) is 5.91 Å². The maximum atomic E-state index is 13.0. The molecule has 1 saturated heterocycles. The standard InChI is InChI=1S/C19H21ClN4O2/c20-12-7-9-13(10-8-12)21-18(25)16-6-3-11-24(16)19(26)17-14-4-1-2-5-15(14)22-23-17/h7-10,16H,1-6,11H2,(H,21,25)(H,22,23). The molecular formula is C19H21ClN4O2. The zero-order valence-corrected chi connectivity index (χ0v) is 15.2. The minimum Gasteiger partial charge on any atom is -0.325 e. The molecule has 2 N–H and O–H groups in total. The Labute approximate surface area is 156 Å². The fraction of sp³-hybridized carbons (Fsp3) is 0.421. The third-order valence-corrected chi connectivity index (χ3v) is 5.44. The molecule has 1 aromatic heterocycles. The molecule has 2 amide bonds. The van der Waals surface area contributed by atoms with Gasteiger partial charge >= 0.3 is 0 Å². The fourth-order valence-corrected chi connectivity index (χ4v) is 3.96. The lowest BCUT2D eigenvalue weighted by Crippen LogP contribution is -2.43. The van der Waals surface area contributed by atoms with E-state index in [1.807, 2.05) is 0 Å². The van der Waals surface area contributed by atoms with Crippen molar-refractivity contribution in [2.24, 2.45) is 0 Å². The average molecular weight is 373 g/mol. The van der Waals surface area contributed by atoms with Crippen LogP contribution in [0.4, 0.5) is 5.69 Å². The summed E-state index contributed by atoms with van der Waals surface area (Å²) in [7, 11) is 0. The van der Waals surface area contributed by atoms with Gasteiger partial charge in [0.1, 0.15) is 6.04 Å². The van der Waals surface area contributed by atoms with Gasteiger partial charge in [-0.2, -0.15) is 5.10 Å². The van der Waals surface area contributed by atoms with Crippen molar-refractivity contribution >= 4 is 29.1 Å². The molecule has 6 nitrogen and oxygen atoms in total. The van der Waals surface area contributed by atoms with Crippen LogP contribution < -0.4 is 5.32 Å². The number of halogens is 1. The summed E-state index contributed by atoms with van der Waals surface area (Å²) in [6, 6.07) is 6.50. The molecule has 1 aliphatic heterocycles. The first-order valence-electron chi connectivity index (χ1n) is 9.07. The predicted octanol–water partition coefficient (Wildman–Crippen LogP) is 3.19. The number of hydrogen-bond donors (Lipinski definition) is 2. The van der Waals surface area contributed by atoms with E-state index in [1.165, 1.54) is 0 Å². The van der Waals surface area contributed by atoms with Gasteiger partial charge in [0.15, 0.2) is 5.69 Å². The van der Waals surface area contributed by atoms with Crippen LogP contribution in [0.5, 0.6) is 0 Å². The number of aryl methyl sites for hydroxylation is 1. The second kappa shape index (κ2) is 7.11. The van der Waals surface area contributed by atoms with E-state index in [4.69, 9.17) is 11.6 Å². The molecule has 0 bridgehead atoms. The number of nitrogens with zero attached hydrogens (tertiary/aromatic N) is 2. The maximum Gasteiger partial charge on any atom is 0.275 e. The number of anilines is 1. The number of rotatable bonds is 3. The summed E-state index contributed by atoms with van der Waals surface area (Å²) in [6.45, 7) is 0.583. The lowest BCUT2D eigenvalue weighted by atomic mass is 9.95. The second-order valence-electron chi connectivity index (χ2n) is 6.89. The molecule has 0 spiro atoms. The van der Waals surface area contributed by atoms with E-state index in [1.54, 1.807) is 29.2 Å². The lowest BCUT2D eigenvalue weighted by Gasteiger charge is -2.24. The highest BCUT2D eigenvalue weighted by Gasteiger charge is 2.37. The molecule has 1 aliphatic carbocycles. The van der Waals surface area contributed by atoms with Crippen LogP contribution in [0.3, 0.4) is 0 Å². The molecule has 2 aliphatic rings. The number of amides is 2. The zero-order chi connectivity index (χ0) is 18.1. The fourth-order valence-electron chi connectivity index (χ4n) is 3.83. The summed E-state index contributed by atoms with van der Waals surface area (Å²) in [5.74, 6) is -0.305. The largest absolute Gasteiger partial charge is 0.325 e. The number of hydrogen-bond acceptors (Lipinski definition) is 3. The number of aromatic nitrogens is 2. The van der Waals surface area contributed by atoms with Gasteiger partial charge in [-0.25, -0.2) is 0 Å². The van der Waals surface area contributed by atoms with Crippen LogP contribution in [-0.2, 0) is 17.6 Å². The van der Waals surface area contributed by atoms with E-state index in [9.17, 15) is 9.59 Å². The van der Waals surface area contributed by atoms with E-state index in [2.05, 4.69) is 15.5 Å². The first kappa shape index (κ1) is 17.1. The van der Waals surface area contributed by atoms with Gasteiger partial charge in [-0.15, -0.1) is 0 Å². The van der Waals surface area contributed by atoms with Gasteiger partial charge in [0, 0.05) is 28.5 Å². The van der Waals surface area contributed by atoms with Crippen molar-refractivity contribution in [2.45, 2.75) is 44.6 Å². The number of carbonyl (C=O) groups excluding carboxylic acids is 2. The van der Waals surface area contributed by atoms with E-state index < -0.39 is 6.04 Å². The number of likely N-dealkylation sites (tertiary alicyclic amines) is 1. The normalized spacial score (nSPS) is 19.3. The highest BCUT2D eigenvalue weighted by molar-refractivity contribution is 6.30. The van der Waals surface area contributed by atoms with Gasteiger partial charge < -0.3 is 10.2 Å². The SMILES string of the molecule is O=C(Nc1ccc(Cl)cc1)C1CCCN1C(=O)c1n[nH]c2c1CCCC2. The molecule has 1 unspecified atom stereocenters. The Balaban J connectivity index is 1.50. The minimum absolute atomic E-state index is 0.141. The number of aromatic amines is 1. The molecule has 0 saturated carbocycles. The Morgan fingerprint density at radius 3 is 2.73 bits per heavy atom. The van der Waals surface area contributed by atoms with Crippen molar-refractivity contribution < 1.29 is 9.59 Å². The highest BCUT2D eigenvalue weighted by atomic mass is 35.5. The van der Waals surface area contributed by atoms with E-state index in [0.717, 1.165) is 43.4 Å². The number of nitrogens with one attached hydrogen (secondary N) is 2. The zero-order valence-electron chi connectivity index (χ0n) is 14.4. The van der Waals surface area contributed by atoms with Crippen molar-refractivity contribution in [3.05, 3.63) is 46.2 Å². The number of H-pyrrole nitrogens is 1. The van der Waals surface area contributed by atoms with Crippen molar-refractivity contribution in [3.63, 3.8) is 0 Å². The number of carbonyl (C=O) groups is 2.